The summed E-state index contributed by atoms with van der Waals surface area (Å²) in [6.07, 6.45) is 0. The van der Waals surface area contributed by atoms with Crippen molar-refractivity contribution < 1.29 is 4.42 Å². The molecule has 0 radical (unpaired) electrons. The summed E-state index contributed by atoms with van der Waals surface area (Å²) in [6, 6.07) is 72.7. The second kappa shape index (κ2) is 12.7. The average molecular weight is 744 g/mol. The maximum absolute atomic E-state index is 6.73. The molecule has 0 saturated carbocycles. The van der Waals surface area contributed by atoms with Crippen LogP contribution in [0.5, 0.6) is 0 Å². The molecule has 0 spiro atoms. The minimum Gasteiger partial charge on any atom is -0.455 e. The molecule has 0 aliphatic carbocycles. The van der Waals surface area contributed by atoms with E-state index < -0.39 is 0 Å². The molecular formula is C54H33NOS. The summed E-state index contributed by atoms with van der Waals surface area (Å²) in [6.45, 7) is 0. The van der Waals surface area contributed by atoms with Crippen molar-refractivity contribution in [3.8, 4) is 22.3 Å². The number of rotatable bonds is 5. The molecule has 0 bridgehead atoms. The van der Waals surface area contributed by atoms with Crippen LogP contribution < -0.4 is 4.90 Å². The van der Waals surface area contributed by atoms with Gasteiger partial charge in [-0.3, -0.25) is 0 Å². The zero-order valence-corrected chi connectivity index (χ0v) is 31.6. The Morgan fingerprint density at radius 2 is 0.982 bits per heavy atom. The first-order valence-corrected chi connectivity index (χ1v) is 20.2. The van der Waals surface area contributed by atoms with Crippen LogP contribution in [-0.2, 0) is 0 Å². The van der Waals surface area contributed by atoms with Crippen molar-refractivity contribution in [3.63, 3.8) is 0 Å². The van der Waals surface area contributed by atoms with Crippen molar-refractivity contribution >= 4 is 103 Å². The monoisotopic (exact) mass is 743 g/mol. The number of benzene rings is 10. The van der Waals surface area contributed by atoms with Crippen LogP contribution in [0.1, 0.15) is 0 Å². The standard InChI is InChI=1S/C54H33NOS/c1-2-16-39(17-3-1)55(47-33-46-40-18-10-12-24-48(40)56-53(46)51-45-23-11-13-25-49(45)57-54(47)51)52-43-21-8-6-19-41(43)50(42-20-7-9-22-44(42)52)36-29-26-35(27-30-36)38-31-28-34-14-4-5-15-37(34)32-38/h1-33H. The summed E-state index contributed by atoms with van der Waals surface area (Å²) >= 11 is 1.84. The molecule has 0 unspecified atom stereocenters. The Kier molecular flexibility index (Phi) is 7.13. The van der Waals surface area contributed by atoms with Gasteiger partial charge in [0, 0.05) is 42.7 Å². The van der Waals surface area contributed by atoms with Crippen molar-refractivity contribution in [1.82, 2.24) is 0 Å². The van der Waals surface area contributed by atoms with E-state index in [0.29, 0.717) is 0 Å². The number of hydrogen-bond donors (Lipinski definition) is 0. The molecule has 0 aliphatic heterocycles. The number of hydrogen-bond acceptors (Lipinski definition) is 3. The Labute approximate surface area is 333 Å². The lowest BCUT2D eigenvalue weighted by molar-refractivity contribution is 0.673. The summed E-state index contributed by atoms with van der Waals surface area (Å²) < 4.78 is 9.17. The number of fused-ring (bicyclic) bond motifs is 10. The molecule has 2 aromatic heterocycles. The first-order valence-electron chi connectivity index (χ1n) is 19.4. The third-order valence-electron chi connectivity index (χ3n) is 11.6. The molecule has 0 atom stereocenters. The minimum absolute atomic E-state index is 0.902. The summed E-state index contributed by atoms with van der Waals surface area (Å²) in [5.74, 6) is 0. The van der Waals surface area contributed by atoms with E-state index in [-0.39, 0.29) is 0 Å². The first-order chi connectivity index (χ1) is 28.3. The highest BCUT2D eigenvalue weighted by atomic mass is 32.1. The number of furan rings is 1. The van der Waals surface area contributed by atoms with E-state index in [9.17, 15) is 0 Å². The first kappa shape index (κ1) is 32.1. The van der Waals surface area contributed by atoms with E-state index in [0.717, 1.165) is 44.4 Å². The van der Waals surface area contributed by atoms with Gasteiger partial charge < -0.3 is 9.32 Å². The van der Waals surface area contributed by atoms with E-state index in [1.807, 2.05) is 11.3 Å². The Balaban J connectivity index is 1.15. The molecule has 266 valence electrons. The lowest BCUT2D eigenvalue weighted by Crippen LogP contribution is -2.11. The summed E-state index contributed by atoms with van der Waals surface area (Å²) in [5.41, 5.74) is 10.1. The van der Waals surface area contributed by atoms with Gasteiger partial charge in [-0.1, -0.05) is 164 Å². The zero-order chi connectivity index (χ0) is 37.5. The van der Waals surface area contributed by atoms with E-state index in [4.69, 9.17) is 4.42 Å². The van der Waals surface area contributed by atoms with Crippen LogP contribution in [0.4, 0.5) is 17.1 Å². The Morgan fingerprint density at radius 1 is 0.404 bits per heavy atom. The van der Waals surface area contributed by atoms with Gasteiger partial charge in [0.2, 0.25) is 0 Å². The Hall–Kier alpha value is -7.20. The maximum atomic E-state index is 6.73. The van der Waals surface area contributed by atoms with Gasteiger partial charge in [-0.25, -0.2) is 0 Å². The highest BCUT2D eigenvalue weighted by Crippen LogP contribution is 2.53. The fourth-order valence-electron chi connectivity index (χ4n) is 9.04. The lowest BCUT2D eigenvalue weighted by Gasteiger charge is -2.30. The van der Waals surface area contributed by atoms with Crippen LogP contribution in [0, 0.1) is 0 Å². The molecule has 0 aliphatic rings. The highest BCUT2D eigenvalue weighted by molar-refractivity contribution is 7.26. The van der Waals surface area contributed by atoms with Gasteiger partial charge >= 0.3 is 0 Å². The van der Waals surface area contributed by atoms with Gasteiger partial charge in [-0.15, -0.1) is 11.3 Å². The number of nitrogens with zero attached hydrogens (tertiary/aromatic N) is 1. The third-order valence-corrected chi connectivity index (χ3v) is 12.8. The second-order valence-electron chi connectivity index (χ2n) is 14.8. The summed E-state index contributed by atoms with van der Waals surface area (Å²) in [7, 11) is 0. The van der Waals surface area contributed by atoms with Crippen molar-refractivity contribution in [2.24, 2.45) is 0 Å². The molecule has 0 N–H and O–H groups in total. The van der Waals surface area contributed by atoms with Gasteiger partial charge in [-0.05, 0) is 80.2 Å². The molecule has 0 amide bonds. The van der Waals surface area contributed by atoms with E-state index in [2.05, 4.69) is 205 Å². The van der Waals surface area contributed by atoms with Crippen molar-refractivity contribution in [2.75, 3.05) is 4.90 Å². The van der Waals surface area contributed by atoms with E-state index in [1.54, 1.807) is 0 Å². The van der Waals surface area contributed by atoms with Gasteiger partial charge in [0.1, 0.15) is 11.2 Å². The molecule has 10 aromatic carbocycles. The normalized spacial score (nSPS) is 11.9. The van der Waals surface area contributed by atoms with Gasteiger partial charge in [0.25, 0.3) is 0 Å². The number of anilines is 3. The molecule has 2 heterocycles. The molecule has 0 saturated heterocycles. The van der Waals surface area contributed by atoms with Crippen LogP contribution in [0.15, 0.2) is 205 Å². The zero-order valence-electron chi connectivity index (χ0n) is 30.8. The molecule has 57 heavy (non-hydrogen) atoms. The SMILES string of the molecule is c1ccc(N(c2c3ccccc3c(-c3ccc(-c4ccc5ccccc5c4)cc3)c3ccccc23)c2cc3c4ccccc4oc3c3c2sc2ccccc23)cc1. The van der Waals surface area contributed by atoms with Crippen LogP contribution in [0.3, 0.4) is 0 Å². The average Bonchev–Trinajstić information content (AvgIpc) is 3.85. The largest absolute Gasteiger partial charge is 0.455 e. The Bertz CT molecular complexity index is 3470. The Morgan fingerprint density at radius 3 is 1.74 bits per heavy atom. The van der Waals surface area contributed by atoms with E-state index >= 15 is 0 Å². The summed E-state index contributed by atoms with van der Waals surface area (Å²) in [5, 5.41) is 12.0. The number of para-hydroxylation sites is 2. The molecule has 2 nitrogen and oxygen atoms in total. The van der Waals surface area contributed by atoms with Gasteiger partial charge in [0.05, 0.1) is 16.1 Å². The second-order valence-corrected chi connectivity index (χ2v) is 15.9. The summed E-state index contributed by atoms with van der Waals surface area (Å²) in [4.78, 5) is 2.51. The van der Waals surface area contributed by atoms with E-state index in [1.165, 1.54) is 69.4 Å². The van der Waals surface area contributed by atoms with Crippen molar-refractivity contribution in [3.05, 3.63) is 200 Å². The molecule has 12 rings (SSSR count). The molecule has 3 heteroatoms. The predicted molar refractivity (Wildman–Crippen MR) is 245 cm³/mol. The van der Waals surface area contributed by atoms with Crippen LogP contribution in [0.25, 0.3) is 96.7 Å². The smallest absolute Gasteiger partial charge is 0.144 e. The van der Waals surface area contributed by atoms with Crippen LogP contribution in [-0.4, -0.2) is 0 Å². The lowest BCUT2D eigenvalue weighted by atomic mass is 9.89. The third kappa shape index (κ3) is 4.96. The molecule has 12 aromatic rings. The van der Waals surface area contributed by atoms with Crippen molar-refractivity contribution in [1.29, 1.82) is 0 Å². The fraction of sp³-hybridized carbons (Fsp3) is 0. The molecule has 0 fully saturated rings. The fourth-order valence-corrected chi connectivity index (χ4v) is 10.2. The maximum Gasteiger partial charge on any atom is 0.144 e. The topological polar surface area (TPSA) is 16.4 Å². The quantitative estimate of drug-likeness (QED) is 0.163. The van der Waals surface area contributed by atoms with Crippen LogP contribution in [0.2, 0.25) is 0 Å². The van der Waals surface area contributed by atoms with Gasteiger partial charge in [0.15, 0.2) is 0 Å². The highest BCUT2D eigenvalue weighted by Gasteiger charge is 2.27. The van der Waals surface area contributed by atoms with Crippen molar-refractivity contribution in [2.45, 2.75) is 0 Å². The predicted octanol–water partition coefficient (Wildman–Crippen LogP) is 16.2. The van der Waals surface area contributed by atoms with Crippen LogP contribution >= 0.6 is 11.3 Å². The minimum atomic E-state index is 0.902. The molecular weight excluding hydrogens is 711 g/mol. The number of thiophene rings is 1. The van der Waals surface area contributed by atoms with Gasteiger partial charge in [-0.2, -0.15) is 0 Å².